The van der Waals surface area contributed by atoms with E-state index in [0.717, 1.165) is 70.0 Å². The second kappa shape index (κ2) is 13.7. The number of nitrogens with zero attached hydrogens (tertiary/aromatic N) is 3. The SMILES string of the molecule is CCCCCN(CC(=O)N(Cc1cccn1Cc1ccccc1)C1CCCCC1)C(=O)C1CCCC1. The van der Waals surface area contributed by atoms with Crippen LogP contribution >= 0.6 is 0 Å². The molecule has 0 atom stereocenters. The van der Waals surface area contributed by atoms with Crippen molar-refractivity contribution in [2.45, 2.75) is 103 Å². The Morgan fingerprint density at radius 2 is 1.61 bits per heavy atom. The van der Waals surface area contributed by atoms with Crippen molar-refractivity contribution >= 4 is 11.8 Å². The first-order valence-corrected chi connectivity index (χ1v) is 14.4. The van der Waals surface area contributed by atoms with Gasteiger partial charge in [-0.15, -0.1) is 0 Å². The van der Waals surface area contributed by atoms with E-state index in [4.69, 9.17) is 0 Å². The molecule has 196 valence electrons. The van der Waals surface area contributed by atoms with Gasteiger partial charge in [-0.1, -0.05) is 82.2 Å². The van der Waals surface area contributed by atoms with E-state index in [1.54, 1.807) is 0 Å². The highest BCUT2D eigenvalue weighted by atomic mass is 16.2. The van der Waals surface area contributed by atoms with Crippen LogP contribution in [0.2, 0.25) is 0 Å². The third kappa shape index (κ3) is 7.24. The molecule has 2 aliphatic carbocycles. The van der Waals surface area contributed by atoms with Gasteiger partial charge in [0.05, 0.1) is 13.1 Å². The predicted octanol–water partition coefficient (Wildman–Crippen LogP) is 6.41. The standard InChI is InChI=1S/C31H45N3O2/c1-2-3-12-21-33(31(36)27-16-10-11-17-27)25-30(35)34(28-18-8-5-9-19-28)24-29-20-13-22-32(29)23-26-14-6-4-7-15-26/h4,6-7,13-15,20,22,27-28H,2-3,5,8-12,16-19,21,23-25H2,1H3. The Hall–Kier alpha value is -2.56. The summed E-state index contributed by atoms with van der Waals surface area (Å²) in [6.45, 7) is 4.54. The van der Waals surface area contributed by atoms with Gasteiger partial charge in [-0.05, 0) is 49.8 Å². The van der Waals surface area contributed by atoms with E-state index >= 15 is 0 Å². The number of amides is 2. The maximum atomic E-state index is 13.9. The Balaban J connectivity index is 1.50. The lowest BCUT2D eigenvalue weighted by molar-refractivity contribution is -0.145. The van der Waals surface area contributed by atoms with Crippen molar-refractivity contribution in [2.75, 3.05) is 13.1 Å². The summed E-state index contributed by atoms with van der Waals surface area (Å²) in [5, 5.41) is 0. The van der Waals surface area contributed by atoms with Crippen LogP contribution in [-0.2, 0) is 22.7 Å². The molecule has 36 heavy (non-hydrogen) atoms. The molecule has 4 rings (SSSR count). The first-order chi connectivity index (χ1) is 17.7. The number of rotatable bonds is 12. The second-order valence-corrected chi connectivity index (χ2v) is 10.9. The Bertz CT molecular complexity index is 942. The van der Waals surface area contributed by atoms with Gasteiger partial charge < -0.3 is 14.4 Å². The van der Waals surface area contributed by atoms with E-state index in [9.17, 15) is 9.59 Å². The Morgan fingerprint density at radius 3 is 2.33 bits per heavy atom. The molecule has 0 radical (unpaired) electrons. The first kappa shape index (κ1) is 26.5. The molecule has 0 N–H and O–H groups in total. The van der Waals surface area contributed by atoms with E-state index in [0.29, 0.717) is 13.1 Å². The maximum Gasteiger partial charge on any atom is 0.242 e. The molecule has 1 heterocycles. The van der Waals surface area contributed by atoms with Gasteiger partial charge >= 0.3 is 0 Å². The largest absolute Gasteiger partial charge is 0.345 e. The molecule has 0 aliphatic heterocycles. The summed E-state index contributed by atoms with van der Waals surface area (Å²) in [4.78, 5) is 31.3. The molecule has 5 heteroatoms. The van der Waals surface area contributed by atoms with Crippen LogP contribution in [0.15, 0.2) is 48.7 Å². The van der Waals surface area contributed by atoms with Gasteiger partial charge in [0.15, 0.2) is 0 Å². The summed E-state index contributed by atoms with van der Waals surface area (Å²) in [6, 6.07) is 15.0. The average molecular weight is 492 g/mol. The van der Waals surface area contributed by atoms with E-state index in [1.807, 2.05) is 11.0 Å². The van der Waals surface area contributed by atoms with Crippen molar-refractivity contribution in [3.05, 3.63) is 59.9 Å². The molecule has 1 aromatic heterocycles. The fourth-order valence-electron chi connectivity index (χ4n) is 6.02. The monoisotopic (exact) mass is 491 g/mol. The van der Waals surface area contributed by atoms with Gasteiger partial charge in [-0.3, -0.25) is 9.59 Å². The zero-order valence-corrected chi connectivity index (χ0v) is 22.2. The number of carbonyl (C=O) groups excluding carboxylic acids is 2. The number of hydrogen-bond donors (Lipinski definition) is 0. The van der Waals surface area contributed by atoms with Crippen LogP contribution < -0.4 is 0 Å². The van der Waals surface area contributed by atoms with Crippen LogP contribution in [0.1, 0.15) is 95.2 Å². The number of carbonyl (C=O) groups is 2. The van der Waals surface area contributed by atoms with Crippen LogP contribution in [0.25, 0.3) is 0 Å². The third-order valence-corrected chi connectivity index (χ3v) is 8.16. The number of hydrogen-bond acceptors (Lipinski definition) is 2. The zero-order valence-electron chi connectivity index (χ0n) is 22.2. The fraction of sp³-hybridized carbons (Fsp3) is 0.613. The van der Waals surface area contributed by atoms with Crippen molar-refractivity contribution < 1.29 is 9.59 Å². The Morgan fingerprint density at radius 1 is 0.889 bits per heavy atom. The van der Waals surface area contributed by atoms with Gasteiger partial charge in [-0.25, -0.2) is 0 Å². The molecule has 0 unspecified atom stereocenters. The summed E-state index contributed by atoms with van der Waals surface area (Å²) >= 11 is 0. The van der Waals surface area contributed by atoms with Crippen molar-refractivity contribution in [1.29, 1.82) is 0 Å². The molecule has 0 bridgehead atoms. The van der Waals surface area contributed by atoms with Crippen LogP contribution in [0.4, 0.5) is 0 Å². The highest BCUT2D eigenvalue weighted by Crippen LogP contribution is 2.28. The fourth-order valence-corrected chi connectivity index (χ4v) is 6.02. The summed E-state index contributed by atoms with van der Waals surface area (Å²) in [5.41, 5.74) is 2.42. The predicted molar refractivity (Wildman–Crippen MR) is 145 cm³/mol. The molecular weight excluding hydrogens is 446 g/mol. The summed E-state index contributed by atoms with van der Waals surface area (Å²) in [7, 11) is 0. The van der Waals surface area contributed by atoms with Gasteiger partial charge in [-0.2, -0.15) is 0 Å². The second-order valence-electron chi connectivity index (χ2n) is 10.9. The van der Waals surface area contributed by atoms with E-state index in [-0.39, 0.29) is 30.3 Å². The molecule has 2 fully saturated rings. The number of unbranched alkanes of at least 4 members (excludes halogenated alkanes) is 2. The summed E-state index contributed by atoms with van der Waals surface area (Å²) in [5.74, 6) is 0.455. The Kier molecular flexibility index (Phi) is 10.1. The molecule has 1 aromatic carbocycles. The van der Waals surface area contributed by atoms with Crippen molar-refractivity contribution in [3.63, 3.8) is 0 Å². The van der Waals surface area contributed by atoms with Crippen LogP contribution in [0.5, 0.6) is 0 Å². The zero-order chi connectivity index (χ0) is 25.2. The quantitative estimate of drug-likeness (QED) is 0.322. The lowest BCUT2D eigenvalue weighted by atomic mass is 9.94. The minimum absolute atomic E-state index is 0.116. The highest BCUT2D eigenvalue weighted by molar-refractivity contribution is 5.86. The maximum absolute atomic E-state index is 13.9. The smallest absolute Gasteiger partial charge is 0.242 e. The molecular formula is C31H45N3O2. The van der Waals surface area contributed by atoms with E-state index in [1.165, 1.54) is 24.8 Å². The van der Waals surface area contributed by atoms with Gasteiger partial charge in [0.2, 0.25) is 11.8 Å². The van der Waals surface area contributed by atoms with Crippen LogP contribution in [0.3, 0.4) is 0 Å². The lowest BCUT2D eigenvalue weighted by Gasteiger charge is -2.36. The first-order valence-electron chi connectivity index (χ1n) is 14.4. The molecule has 2 aliphatic rings. The van der Waals surface area contributed by atoms with Gasteiger partial charge in [0, 0.05) is 36.9 Å². The number of benzene rings is 1. The third-order valence-electron chi connectivity index (χ3n) is 8.16. The number of aromatic nitrogens is 1. The Labute approximate surface area is 217 Å². The van der Waals surface area contributed by atoms with Crippen molar-refractivity contribution in [1.82, 2.24) is 14.4 Å². The summed E-state index contributed by atoms with van der Waals surface area (Å²) in [6.07, 6.45) is 15.3. The highest BCUT2D eigenvalue weighted by Gasteiger charge is 2.32. The van der Waals surface area contributed by atoms with Crippen LogP contribution in [-0.4, -0.2) is 45.3 Å². The summed E-state index contributed by atoms with van der Waals surface area (Å²) < 4.78 is 2.27. The van der Waals surface area contributed by atoms with Gasteiger partial charge in [0.1, 0.15) is 0 Å². The average Bonchev–Trinajstić information content (AvgIpc) is 3.60. The van der Waals surface area contributed by atoms with Crippen molar-refractivity contribution in [3.8, 4) is 0 Å². The topological polar surface area (TPSA) is 45.6 Å². The molecule has 5 nitrogen and oxygen atoms in total. The lowest BCUT2D eigenvalue weighted by Crippen LogP contribution is -2.48. The molecule has 0 spiro atoms. The minimum atomic E-state index is 0.116. The molecule has 2 amide bonds. The normalized spacial score (nSPS) is 16.8. The minimum Gasteiger partial charge on any atom is -0.345 e. The molecule has 2 aromatic rings. The van der Waals surface area contributed by atoms with Crippen LogP contribution in [0, 0.1) is 5.92 Å². The van der Waals surface area contributed by atoms with E-state index < -0.39 is 0 Å². The van der Waals surface area contributed by atoms with Crippen molar-refractivity contribution in [2.24, 2.45) is 5.92 Å². The molecule has 0 saturated heterocycles. The molecule has 2 saturated carbocycles. The van der Waals surface area contributed by atoms with Gasteiger partial charge in [0.25, 0.3) is 0 Å². The van der Waals surface area contributed by atoms with E-state index in [2.05, 4.69) is 59.0 Å².